The third-order valence-electron chi connectivity index (χ3n) is 2.80. The first-order valence-electron chi connectivity index (χ1n) is 6.15. The first kappa shape index (κ1) is 14.2. The van der Waals surface area contributed by atoms with Crippen molar-refractivity contribution in [2.75, 3.05) is 13.1 Å². The normalized spacial score (nSPS) is 10.4. The van der Waals surface area contributed by atoms with Gasteiger partial charge in [0.1, 0.15) is 0 Å². The number of nitrogens with zero attached hydrogens (tertiary/aromatic N) is 1. The molecule has 0 saturated heterocycles. The van der Waals surface area contributed by atoms with Gasteiger partial charge in [0.05, 0.1) is 5.56 Å². The van der Waals surface area contributed by atoms with Gasteiger partial charge >= 0.3 is 0 Å². The van der Waals surface area contributed by atoms with E-state index >= 15 is 0 Å². The molecule has 0 aliphatic carbocycles. The maximum atomic E-state index is 12.4. The highest BCUT2D eigenvalue weighted by Crippen LogP contribution is 2.20. The van der Waals surface area contributed by atoms with E-state index in [2.05, 4.69) is 22.9 Å². The van der Waals surface area contributed by atoms with Crippen LogP contribution in [0.4, 0.5) is 0 Å². The van der Waals surface area contributed by atoms with Crippen LogP contribution in [0.25, 0.3) is 0 Å². The monoisotopic (exact) mass is 297 g/mol. The standard InChI is InChI=1S/C14H20BrNO/c1-4-6-9-16(5-2)14(17)12-10-11(3)7-8-13(12)15/h7-8,10H,4-6,9H2,1-3H3. The number of hydrogen-bond donors (Lipinski definition) is 0. The first-order valence-corrected chi connectivity index (χ1v) is 6.94. The summed E-state index contributed by atoms with van der Waals surface area (Å²) >= 11 is 3.45. The van der Waals surface area contributed by atoms with Crippen LogP contribution in [0.5, 0.6) is 0 Å². The molecule has 3 heteroatoms. The second-order valence-corrected chi connectivity index (χ2v) is 5.08. The molecular weight excluding hydrogens is 278 g/mol. The molecule has 0 saturated carbocycles. The summed E-state index contributed by atoms with van der Waals surface area (Å²) in [6.07, 6.45) is 2.17. The number of hydrogen-bond acceptors (Lipinski definition) is 1. The molecule has 0 unspecified atom stereocenters. The molecule has 0 heterocycles. The Balaban J connectivity index is 2.89. The lowest BCUT2D eigenvalue weighted by Crippen LogP contribution is -2.32. The van der Waals surface area contributed by atoms with E-state index < -0.39 is 0 Å². The van der Waals surface area contributed by atoms with E-state index in [1.807, 2.05) is 36.9 Å². The maximum Gasteiger partial charge on any atom is 0.254 e. The number of carbonyl (C=O) groups excluding carboxylic acids is 1. The van der Waals surface area contributed by atoms with Crippen LogP contribution < -0.4 is 0 Å². The van der Waals surface area contributed by atoms with Crippen molar-refractivity contribution in [2.45, 2.75) is 33.6 Å². The van der Waals surface area contributed by atoms with E-state index in [-0.39, 0.29) is 5.91 Å². The molecule has 0 spiro atoms. The van der Waals surface area contributed by atoms with Crippen molar-refractivity contribution in [1.82, 2.24) is 4.90 Å². The molecule has 0 aromatic heterocycles. The van der Waals surface area contributed by atoms with Gasteiger partial charge in [0.25, 0.3) is 5.91 Å². The summed E-state index contributed by atoms with van der Waals surface area (Å²) in [5, 5.41) is 0. The average Bonchev–Trinajstić information content (AvgIpc) is 2.33. The fourth-order valence-electron chi connectivity index (χ4n) is 1.73. The van der Waals surface area contributed by atoms with Crippen molar-refractivity contribution >= 4 is 21.8 Å². The first-order chi connectivity index (χ1) is 8.10. The van der Waals surface area contributed by atoms with Crippen LogP contribution >= 0.6 is 15.9 Å². The van der Waals surface area contributed by atoms with Crippen molar-refractivity contribution in [3.63, 3.8) is 0 Å². The predicted molar refractivity (Wildman–Crippen MR) is 75.4 cm³/mol. The Bertz CT molecular complexity index is 390. The summed E-state index contributed by atoms with van der Waals surface area (Å²) in [7, 11) is 0. The van der Waals surface area contributed by atoms with Gasteiger partial charge in [-0.2, -0.15) is 0 Å². The summed E-state index contributed by atoms with van der Waals surface area (Å²) in [6, 6.07) is 5.89. The Morgan fingerprint density at radius 2 is 2.06 bits per heavy atom. The van der Waals surface area contributed by atoms with Crippen molar-refractivity contribution in [2.24, 2.45) is 0 Å². The van der Waals surface area contributed by atoms with Gasteiger partial charge in [0.2, 0.25) is 0 Å². The lowest BCUT2D eigenvalue weighted by Gasteiger charge is -2.21. The van der Waals surface area contributed by atoms with Gasteiger partial charge in [-0.05, 0) is 48.3 Å². The maximum absolute atomic E-state index is 12.4. The summed E-state index contributed by atoms with van der Waals surface area (Å²) in [5.41, 5.74) is 1.88. The zero-order valence-corrected chi connectivity index (χ0v) is 12.4. The smallest absolute Gasteiger partial charge is 0.254 e. The number of carbonyl (C=O) groups is 1. The van der Waals surface area contributed by atoms with Crippen LogP contribution in [0.15, 0.2) is 22.7 Å². The predicted octanol–water partition coefficient (Wildman–Crippen LogP) is 4.02. The summed E-state index contributed by atoms with van der Waals surface area (Å²) < 4.78 is 0.878. The van der Waals surface area contributed by atoms with Crippen LogP contribution in [-0.2, 0) is 0 Å². The van der Waals surface area contributed by atoms with Crippen molar-refractivity contribution in [1.29, 1.82) is 0 Å². The molecule has 0 radical (unpaired) electrons. The highest BCUT2D eigenvalue weighted by Gasteiger charge is 2.16. The van der Waals surface area contributed by atoms with Gasteiger partial charge < -0.3 is 4.90 Å². The molecule has 0 bridgehead atoms. The quantitative estimate of drug-likeness (QED) is 0.804. The molecule has 1 amide bonds. The van der Waals surface area contributed by atoms with E-state index in [4.69, 9.17) is 0 Å². The number of aryl methyl sites for hydroxylation is 1. The molecule has 94 valence electrons. The second-order valence-electron chi connectivity index (χ2n) is 4.22. The Morgan fingerprint density at radius 1 is 1.35 bits per heavy atom. The topological polar surface area (TPSA) is 20.3 Å². The number of rotatable bonds is 5. The van der Waals surface area contributed by atoms with Gasteiger partial charge in [-0.15, -0.1) is 0 Å². The zero-order chi connectivity index (χ0) is 12.8. The number of benzene rings is 1. The molecule has 2 nitrogen and oxygen atoms in total. The van der Waals surface area contributed by atoms with Crippen LogP contribution in [0.2, 0.25) is 0 Å². The summed E-state index contributed by atoms with van der Waals surface area (Å²) in [5.74, 6) is 0.122. The minimum Gasteiger partial charge on any atom is -0.339 e. The minimum absolute atomic E-state index is 0.122. The molecule has 0 atom stereocenters. The molecule has 0 N–H and O–H groups in total. The molecule has 0 aliphatic rings. The number of amides is 1. The number of unbranched alkanes of at least 4 members (excludes halogenated alkanes) is 1. The average molecular weight is 298 g/mol. The van der Waals surface area contributed by atoms with Crippen molar-refractivity contribution in [3.05, 3.63) is 33.8 Å². The number of halogens is 1. The summed E-state index contributed by atoms with van der Waals surface area (Å²) in [4.78, 5) is 14.3. The van der Waals surface area contributed by atoms with Crippen LogP contribution in [0.3, 0.4) is 0 Å². The van der Waals surface area contributed by atoms with Gasteiger partial charge in [-0.1, -0.05) is 25.0 Å². The third kappa shape index (κ3) is 3.84. The van der Waals surface area contributed by atoms with E-state index in [0.717, 1.165) is 41.5 Å². The summed E-state index contributed by atoms with van der Waals surface area (Å²) in [6.45, 7) is 7.77. The van der Waals surface area contributed by atoms with Gasteiger partial charge in [0.15, 0.2) is 0 Å². The molecule has 0 fully saturated rings. The van der Waals surface area contributed by atoms with Gasteiger partial charge in [0, 0.05) is 17.6 Å². The fraction of sp³-hybridized carbons (Fsp3) is 0.500. The van der Waals surface area contributed by atoms with Gasteiger partial charge in [-0.25, -0.2) is 0 Å². The van der Waals surface area contributed by atoms with Crippen LogP contribution in [0.1, 0.15) is 42.6 Å². The van der Waals surface area contributed by atoms with E-state index in [0.29, 0.717) is 0 Å². The Morgan fingerprint density at radius 3 is 2.65 bits per heavy atom. The lowest BCUT2D eigenvalue weighted by atomic mass is 10.1. The Labute approximate surface area is 112 Å². The zero-order valence-electron chi connectivity index (χ0n) is 10.8. The molecule has 0 aliphatic heterocycles. The molecule has 1 rings (SSSR count). The van der Waals surface area contributed by atoms with Crippen LogP contribution in [-0.4, -0.2) is 23.9 Å². The molecule has 1 aromatic rings. The molecule has 17 heavy (non-hydrogen) atoms. The van der Waals surface area contributed by atoms with Gasteiger partial charge in [-0.3, -0.25) is 4.79 Å². The molecular formula is C14H20BrNO. The minimum atomic E-state index is 0.122. The van der Waals surface area contributed by atoms with Crippen molar-refractivity contribution in [3.8, 4) is 0 Å². The molecule has 1 aromatic carbocycles. The van der Waals surface area contributed by atoms with Crippen LogP contribution in [0, 0.1) is 6.92 Å². The SMILES string of the molecule is CCCCN(CC)C(=O)c1cc(C)ccc1Br. The van der Waals surface area contributed by atoms with Crippen molar-refractivity contribution < 1.29 is 4.79 Å². The Hall–Kier alpha value is -0.830. The van der Waals surface area contributed by atoms with E-state index in [1.54, 1.807) is 0 Å². The van der Waals surface area contributed by atoms with E-state index in [1.165, 1.54) is 0 Å². The highest BCUT2D eigenvalue weighted by molar-refractivity contribution is 9.10. The third-order valence-corrected chi connectivity index (χ3v) is 3.49. The fourth-order valence-corrected chi connectivity index (χ4v) is 2.14. The van der Waals surface area contributed by atoms with E-state index in [9.17, 15) is 4.79 Å². The highest BCUT2D eigenvalue weighted by atomic mass is 79.9. The second kappa shape index (κ2) is 6.80. The Kier molecular flexibility index (Phi) is 5.69. The largest absolute Gasteiger partial charge is 0.339 e. The lowest BCUT2D eigenvalue weighted by molar-refractivity contribution is 0.0761.